The van der Waals surface area contributed by atoms with Crippen molar-refractivity contribution in [1.82, 2.24) is 0 Å². The van der Waals surface area contributed by atoms with Crippen LogP contribution in [-0.2, 0) is 4.79 Å². The fourth-order valence-corrected chi connectivity index (χ4v) is 2.86. The van der Waals surface area contributed by atoms with Crippen molar-refractivity contribution in [2.75, 3.05) is 5.32 Å². The summed E-state index contributed by atoms with van der Waals surface area (Å²) in [6.45, 7) is 1.80. The lowest BCUT2D eigenvalue weighted by molar-refractivity contribution is -0.115. The van der Waals surface area contributed by atoms with Crippen molar-refractivity contribution < 1.29 is 4.79 Å². The molecule has 0 fully saturated rings. The number of para-hydroxylation sites is 1. The van der Waals surface area contributed by atoms with Crippen molar-refractivity contribution in [2.45, 2.75) is 17.1 Å². The van der Waals surface area contributed by atoms with Crippen LogP contribution in [0.25, 0.3) is 0 Å². The molecule has 2 aromatic rings. The lowest BCUT2D eigenvalue weighted by Gasteiger charge is -2.13. The molecular formula is C16H13ClN2OS. The van der Waals surface area contributed by atoms with E-state index in [2.05, 4.69) is 11.4 Å². The summed E-state index contributed by atoms with van der Waals surface area (Å²) >= 11 is 7.47. The van der Waals surface area contributed by atoms with E-state index >= 15 is 0 Å². The van der Waals surface area contributed by atoms with E-state index in [0.29, 0.717) is 16.3 Å². The lowest BCUT2D eigenvalue weighted by Crippen LogP contribution is -2.22. The largest absolute Gasteiger partial charge is 0.324 e. The van der Waals surface area contributed by atoms with Crippen LogP contribution in [-0.4, -0.2) is 11.2 Å². The zero-order valence-electron chi connectivity index (χ0n) is 11.3. The normalized spacial score (nSPS) is 11.5. The van der Waals surface area contributed by atoms with Crippen LogP contribution in [0.15, 0.2) is 53.4 Å². The van der Waals surface area contributed by atoms with Crippen molar-refractivity contribution in [1.29, 1.82) is 5.26 Å². The quantitative estimate of drug-likeness (QED) is 0.854. The van der Waals surface area contributed by atoms with Gasteiger partial charge in [0.05, 0.1) is 21.5 Å². The van der Waals surface area contributed by atoms with E-state index in [1.807, 2.05) is 18.2 Å². The van der Waals surface area contributed by atoms with Gasteiger partial charge in [0, 0.05) is 4.90 Å². The summed E-state index contributed by atoms with van der Waals surface area (Å²) in [6.07, 6.45) is 0. The first-order valence-corrected chi connectivity index (χ1v) is 7.58. The summed E-state index contributed by atoms with van der Waals surface area (Å²) in [5.74, 6) is -0.164. The number of carbonyl (C=O) groups is 1. The number of hydrogen-bond donors (Lipinski definition) is 1. The Morgan fingerprint density at radius 1 is 1.24 bits per heavy atom. The molecular weight excluding hydrogens is 304 g/mol. The molecule has 1 atom stereocenters. The Bertz CT molecular complexity index is 697. The minimum atomic E-state index is -0.323. The van der Waals surface area contributed by atoms with E-state index in [9.17, 15) is 4.79 Å². The fourth-order valence-electron chi connectivity index (χ4n) is 1.71. The van der Waals surface area contributed by atoms with Gasteiger partial charge < -0.3 is 5.32 Å². The third kappa shape index (κ3) is 4.01. The van der Waals surface area contributed by atoms with Crippen LogP contribution in [0.3, 0.4) is 0 Å². The summed E-state index contributed by atoms with van der Waals surface area (Å²) in [6, 6.07) is 16.4. The topological polar surface area (TPSA) is 52.9 Å². The molecule has 106 valence electrons. The van der Waals surface area contributed by atoms with E-state index < -0.39 is 0 Å². The second-order valence-electron chi connectivity index (χ2n) is 4.34. The van der Waals surface area contributed by atoms with Crippen LogP contribution in [0, 0.1) is 11.3 Å². The van der Waals surface area contributed by atoms with Crippen LogP contribution in [0.2, 0.25) is 5.02 Å². The maximum Gasteiger partial charge on any atom is 0.237 e. The van der Waals surface area contributed by atoms with E-state index in [4.69, 9.17) is 16.9 Å². The number of carbonyl (C=O) groups excluding carboxylic acids is 1. The van der Waals surface area contributed by atoms with Crippen LogP contribution in [0.5, 0.6) is 0 Å². The molecule has 0 spiro atoms. The van der Waals surface area contributed by atoms with Gasteiger partial charge in [-0.2, -0.15) is 5.26 Å². The Hall–Kier alpha value is -1.96. The van der Waals surface area contributed by atoms with Gasteiger partial charge in [0.15, 0.2) is 0 Å². The molecule has 2 aromatic carbocycles. The average Bonchev–Trinajstić information content (AvgIpc) is 2.50. The first kappa shape index (κ1) is 15.4. The van der Waals surface area contributed by atoms with E-state index in [0.717, 1.165) is 4.90 Å². The highest BCUT2D eigenvalue weighted by Crippen LogP contribution is 2.30. The van der Waals surface area contributed by atoms with E-state index in [1.165, 1.54) is 11.8 Å². The van der Waals surface area contributed by atoms with Crippen LogP contribution < -0.4 is 5.32 Å². The Labute approximate surface area is 132 Å². The fraction of sp³-hybridized carbons (Fsp3) is 0.125. The SMILES string of the molecule is CC(Sc1ccccc1Cl)C(=O)Nc1ccccc1C#N. The highest BCUT2D eigenvalue weighted by molar-refractivity contribution is 8.00. The number of benzene rings is 2. The highest BCUT2D eigenvalue weighted by Gasteiger charge is 2.16. The molecule has 21 heavy (non-hydrogen) atoms. The number of halogens is 1. The van der Waals surface area contributed by atoms with Gasteiger partial charge in [-0.1, -0.05) is 35.9 Å². The van der Waals surface area contributed by atoms with Gasteiger partial charge in [-0.3, -0.25) is 4.79 Å². The second-order valence-corrected chi connectivity index (χ2v) is 6.13. The summed E-state index contributed by atoms with van der Waals surface area (Å²) < 4.78 is 0. The molecule has 0 heterocycles. The maximum absolute atomic E-state index is 12.2. The number of nitrogens with one attached hydrogen (secondary N) is 1. The molecule has 3 nitrogen and oxygen atoms in total. The smallest absolute Gasteiger partial charge is 0.237 e. The summed E-state index contributed by atoms with van der Waals surface area (Å²) in [5, 5.41) is 12.1. The van der Waals surface area contributed by atoms with Crippen molar-refractivity contribution in [3.05, 3.63) is 59.1 Å². The zero-order valence-corrected chi connectivity index (χ0v) is 12.9. The van der Waals surface area contributed by atoms with Crippen molar-refractivity contribution in [3.63, 3.8) is 0 Å². The molecule has 0 aliphatic rings. The molecule has 0 saturated carbocycles. The molecule has 0 radical (unpaired) electrons. The van der Waals surface area contributed by atoms with Gasteiger partial charge in [0.1, 0.15) is 6.07 Å². The number of amides is 1. The first-order valence-electron chi connectivity index (χ1n) is 6.33. The number of rotatable bonds is 4. The number of hydrogen-bond acceptors (Lipinski definition) is 3. The van der Waals surface area contributed by atoms with E-state index in [1.54, 1.807) is 37.3 Å². The molecule has 1 unspecified atom stereocenters. The summed E-state index contributed by atoms with van der Waals surface area (Å²) in [5.41, 5.74) is 0.970. The molecule has 1 amide bonds. The molecule has 0 bridgehead atoms. The molecule has 5 heteroatoms. The number of thioether (sulfide) groups is 1. The molecule has 0 aromatic heterocycles. The van der Waals surface area contributed by atoms with Gasteiger partial charge in [-0.05, 0) is 31.2 Å². The maximum atomic E-state index is 12.2. The van der Waals surface area contributed by atoms with Gasteiger partial charge >= 0.3 is 0 Å². The lowest BCUT2D eigenvalue weighted by atomic mass is 10.2. The molecule has 2 rings (SSSR count). The Balaban J connectivity index is 2.07. The van der Waals surface area contributed by atoms with Gasteiger partial charge in [-0.15, -0.1) is 11.8 Å². The predicted octanol–water partition coefficient (Wildman–Crippen LogP) is 4.33. The molecule has 0 aliphatic heterocycles. The Kier molecular flexibility index (Phi) is 5.26. The zero-order chi connectivity index (χ0) is 15.2. The van der Waals surface area contributed by atoms with Crippen LogP contribution in [0.4, 0.5) is 5.69 Å². The van der Waals surface area contributed by atoms with Gasteiger partial charge in [0.25, 0.3) is 0 Å². The van der Waals surface area contributed by atoms with Gasteiger partial charge in [-0.25, -0.2) is 0 Å². The number of anilines is 1. The van der Waals surface area contributed by atoms with E-state index in [-0.39, 0.29) is 11.2 Å². The standard InChI is InChI=1S/C16H13ClN2OS/c1-11(21-15-9-5-3-7-13(15)17)16(20)19-14-8-4-2-6-12(14)10-18/h2-9,11H,1H3,(H,19,20). The Morgan fingerprint density at radius 3 is 2.62 bits per heavy atom. The third-order valence-electron chi connectivity index (χ3n) is 2.82. The van der Waals surface area contributed by atoms with Crippen LogP contribution >= 0.6 is 23.4 Å². The third-order valence-corrected chi connectivity index (χ3v) is 4.43. The summed E-state index contributed by atoms with van der Waals surface area (Å²) in [7, 11) is 0. The average molecular weight is 317 g/mol. The monoisotopic (exact) mass is 316 g/mol. The first-order chi connectivity index (χ1) is 10.1. The summed E-state index contributed by atoms with van der Waals surface area (Å²) in [4.78, 5) is 13.1. The minimum absolute atomic E-state index is 0.164. The number of nitriles is 1. The minimum Gasteiger partial charge on any atom is -0.324 e. The second kappa shape index (κ2) is 7.16. The van der Waals surface area contributed by atoms with Crippen molar-refractivity contribution >= 4 is 35.0 Å². The highest BCUT2D eigenvalue weighted by atomic mass is 35.5. The predicted molar refractivity (Wildman–Crippen MR) is 86.6 cm³/mol. The molecule has 0 saturated heterocycles. The molecule has 0 aliphatic carbocycles. The van der Waals surface area contributed by atoms with Crippen LogP contribution in [0.1, 0.15) is 12.5 Å². The van der Waals surface area contributed by atoms with Crippen molar-refractivity contribution in [2.24, 2.45) is 0 Å². The Morgan fingerprint density at radius 2 is 1.90 bits per heavy atom. The van der Waals surface area contributed by atoms with Crippen molar-refractivity contribution in [3.8, 4) is 6.07 Å². The van der Waals surface area contributed by atoms with Gasteiger partial charge in [0.2, 0.25) is 5.91 Å². The molecule has 1 N–H and O–H groups in total. The number of nitrogens with zero attached hydrogens (tertiary/aromatic N) is 1.